The second-order valence-corrected chi connectivity index (χ2v) is 5.66. The Morgan fingerprint density at radius 3 is 2.71 bits per heavy atom. The molecule has 1 aromatic carbocycles. The molecule has 1 aliphatic rings. The van der Waals surface area contributed by atoms with Crippen LogP contribution in [-0.2, 0) is 4.74 Å². The maximum absolute atomic E-state index is 10.8. The van der Waals surface area contributed by atoms with E-state index in [1.807, 2.05) is 6.92 Å². The number of morpholine rings is 1. The highest BCUT2D eigenvalue weighted by Crippen LogP contribution is 2.30. The van der Waals surface area contributed by atoms with Gasteiger partial charge in [-0.25, -0.2) is 0 Å². The number of anilines is 1. The van der Waals surface area contributed by atoms with Crippen LogP contribution in [0.5, 0.6) is 0 Å². The maximum atomic E-state index is 10.8. The number of aryl methyl sites for hydroxylation is 1. The molecule has 0 radical (unpaired) electrons. The minimum atomic E-state index is -0.432. The fraction of sp³-hybridized carbons (Fsp3) is 0.571. The summed E-state index contributed by atoms with van der Waals surface area (Å²) in [6.45, 7) is 8.08. The highest BCUT2D eigenvalue weighted by atomic mass is 35.5. The summed E-state index contributed by atoms with van der Waals surface area (Å²) in [4.78, 5) is 12.7. The number of hydrogen-bond donors (Lipinski definition) is 1. The molecule has 1 aliphatic heterocycles. The van der Waals surface area contributed by atoms with Crippen LogP contribution in [0.2, 0.25) is 5.02 Å². The van der Waals surface area contributed by atoms with Crippen molar-refractivity contribution >= 4 is 23.0 Å². The number of halogens is 1. The molecule has 0 amide bonds. The molecule has 0 bridgehead atoms. The molecular weight excluding hydrogens is 294 g/mol. The molecule has 7 heteroatoms. The molecule has 1 saturated heterocycles. The van der Waals surface area contributed by atoms with E-state index in [2.05, 4.69) is 17.1 Å². The molecule has 1 N–H and O–H groups in total. The Labute approximate surface area is 129 Å². The molecule has 21 heavy (non-hydrogen) atoms. The van der Waals surface area contributed by atoms with Crippen molar-refractivity contribution in [1.29, 1.82) is 0 Å². The van der Waals surface area contributed by atoms with Crippen molar-refractivity contribution in [2.75, 3.05) is 38.2 Å². The van der Waals surface area contributed by atoms with Gasteiger partial charge < -0.3 is 10.1 Å². The summed E-state index contributed by atoms with van der Waals surface area (Å²) >= 11 is 6.15. The van der Waals surface area contributed by atoms with Gasteiger partial charge in [0.05, 0.1) is 28.8 Å². The van der Waals surface area contributed by atoms with Crippen LogP contribution in [0.3, 0.4) is 0 Å². The second kappa shape index (κ2) is 7.06. The molecule has 0 saturated carbocycles. The van der Waals surface area contributed by atoms with Gasteiger partial charge in [0.2, 0.25) is 0 Å². The minimum Gasteiger partial charge on any atom is -0.382 e. The zero-order valence-corrected chi connectivity index (χ0v) is 13.0. The van der Waals surface area contributed by atoms with E-state index in [1.54, 1.807) is 0 Å². The van der Waals surface area contributed by atoms with Crippen molar-refractivity contribution < 1.29 is 9.66 Å². The number of benzene rings is 1. The van der Waals surface area contributed by atoms with Gasteiger partial charge in [-0.3, -0.25) is 15.0 Å². The van der Waals surface area contributed by atoms with E-state index in [0.717, 1.165) is 44.1 Å². The Hall–Kier alpha value is -1.37. The standard InChI is InChI=1S/C14H20ClN3O3/c1-10-7-12(18(19)20)8-13(15)14(10)16-9-11(2)17-3-5-21-6-4-17/h7-8,11,16H,3-6,9H2,1-2H3. The zero-order chi connectivity index (χ0) is 15.4. The lowest BCUT2D eigenvalue weighted by Crippen LogP contribution is -2.45. The summed E-state index contributed by atoms with van der Waals surface area (Å²) in [5.74, 6) is 0. The molecule has 0 spiro atoms. The molecule has 1 atom stereocenters. The lowest BCUT2D eigenvalue weighted by atomic mass is 10.1. The van der Waals surface area contributed by atoms with Crippen molar-refractivity contribution in [3.8, 4) is 0 Å². The van der Waals surface area contributed by atoms with Gasteiger partial charge in [-0.05, 0) is 19.4 Å². The van der Waals surface area contributed by atoms with Crippen molar-refractivity contribution in [3.05, 3.63) is 32.8 Å². The largest absolute Gasteiger partial charge is 0.382 e. The lowest BCUT2D eigenvalue weighted by Gasteiger charge is -2.32. The first-order valence-electron chi connectivity index (χ1n) is 6.99. The second-order valence-electron chi connectivity index (χ2n) is 5.25. The van der Waals surface area contributed by atoms with Gasteiger partial charge in [0.25, 0.3) is 5.69 Å². The third-order valence-corrected chi connectivity index (χ3v) is 4.02. The summed E-state index contributed by atoms with van der Waals surface area (Å²) in [5, 5.41) is 14.5. The first kappa shape index (κ1) is 16.0. The normalized spacial score (nSPS) is 17.5. The van der Waals surface area contributed by atoms with Crippen LogP contribution in [0.1, 0.15) is 12.5 Å². The third kappa shape index (κ3) is 4.06. The first-order valence-corrected chi connectivity index (χ1v) is 7.37. The van der Waals surface area contributed by atoms with Crippen LogP contribution in [0, 0.1) is 17.0 Å². The maximum Gasteiger partial charge on any atom is 0.271 e. The lowest BCUT2D eigenvalue weighted by molar-refractivity contribution is -0.384. The number of nitro groups is 1. The van der Waals surface area contributed by atoms with Crippen LogP contribution in [-0.4, -0.2) is 48.7 Å². The van der Waals surface area contributed by atoms with Crippen molar-refractivity contribution in [1.82, 2.24) is 4.90 Å². The molecule has 1 heterocycles. The third-order valence-electron chi connectivity index (χ3n) is 3.73. The Balaban J connectivity index is 2.01. The summed E-state index contributed by atoms with van der Waals surface area (Å²) < 4.78 is 5.34. The fourth-order valence-electron chi connectivity index (χ4n) is 2.45. The van der Waals surface area contributed by atoms with Gasteiger partial charge in [0.15, 0.2) is 0 Å². The molecule has 2 rings (SSSR count). The van der Waals surface area contributed by atoms with E-state index >= 15 is 0 Å². The Bertz CT molecular complexity index is 495. The smallest absolute Gasteiger partial charge is 0.271 e. The highest BCUT2D eigenvalue weighted by Gasteiger charge is 2.18. The van der Waals surface area contributed by atoms with Gasteiger partial charge in [-0.15, -0.1) is 0 Å². The van der Waals surface area contributed by atoms with Gasteiger partial charge >= 0.3 is 0 Å². The predicted octanol–water partition coefficient (Wildman–Crippen LogP) is 2.69. The topological polar surface area (TPSA) is 67.6 Å². The van der Waals surface area contributed by atoms with E-state index in [0.29, 0.717) is 11.1 Å². The predicted molar refractivity (Wildman–Crippen MR) is 83.2 cm³/mol. The zero-order valence-electron chi connectivity index (χ0n) is 12.3. The number of rotatable bonds is 5. The van der Waals surface area contributed by atoms with Gasteiger partial charge in [-0.2, -0.15) is 0 Å². The minimum absolute atomic E-state index is 0.0178. The molecule has 1 unspecified atom stereocenters. The number of non-ortho nitro benzene ring substituents is 1. The van der Waals surface area contributed by atoms with Crippen LogP contribution in [0.4, 0.5) is 11.4 Å². The van der Waals surface area contributed by atoms with Crippen LogP contribution >= 0.6 is 11.6 Å². The van der Waals surface area contributed by atoms with Crippen LogP contribution in [0.15, 0.2) is 12.1 Å². The van der Waals surface area contributed by atoms with Crippen LogP contribution < -0.4 is 5.32 Å². The molecule has 1 fully saturated rings. The number of ether oxygens (including phenoxy) is 1. The molecular formula is C14H20ClN3O3. The Morgan fingerprint density at radius 2 is 2.14 bits per heavy atom. The summed E-state index contributed by atoms with van der Waals surface area (Å²) in [5.41, 5.74) is 1.56. The molecule has 6 nitrogen and oxygen atoms in total. The number of nitrogens with zero attached hydrogens (tertiary/aromatic N) is 2. The van der Waals surface area contributed by atoms with Crippen molar-refractivity contribution in [2.24, 2.45) is 0 Å². The molecule has 0 aromatic heterocycles. The van der Waals surface area contributed by atoms with E-state index in [9.17, 15) is 10.1 Å². The van der Waals surface area contributed by atoms with Gasteiger partial charge in [0.1, 0.15) is 0 Å². The van der Waals surface area contributed by atoms with E-state index in [4.69, 9.17) is 16.3 Å². The Morgan fingerprint density at radius 1 is 1.48 bits per heavy atom. The number of nitrogens with one attached hydrogen (secondary N) is 1. The highest BCUT2D eigenvalue weighted by molar-refractivity contribution is 6.33. The monoisotopic (exact) mass is 313 g/mol. The quantitative estimate of drug-likeness (QED) is 0.668. The SMILES string of the molecule is Cc1cc([N+](=O)[O-])cc(Cl)c1NCC(C)N1CCOCC1. The van der Waals surface area contributed by atoms with E-state index in [1.165, 1.54) is 12.1 Å². The molecule has 116 valence electrons. The summed E-state index contributed by atoms with van der Waals surface area (Å²) in [6, 6.07) is 3.27. The van der Waals surface area contributed by atoms with E-state index in [-0.39, 0.29) is 5.69 Å². The Kier molecular flexibility index (Phi) is 5.39. The average Bonchev–Trinajstić information content (AvgIpc) is 2.46. The van der Waals surface area contributed by atoms with Gasteiger partial charge in [0, 0.05) is 37.8 Å². The first-order chi connectivity index (χ1) is 9.99. The number of hydrogen-bond acceptors (Lipinski definition) is 5. The fourth-order valence-corrected chi connectivity index (χ4v) is 2.78. The van der Waals surface area contributed by atoms with E-state index < -0.39 is 4.92 Å². The van der Waals surface area contributed by atoms with Crippen molar-refractivity contribution in [3.63, 3.8) is 0 Å². The van der Waals surface area contributed by atoms with Crippen LogP contribution in [0.25, 0.3) is 0 Å². The summed E-state index contributed by atoms with van der Waals surface area (Å²) in [7, 11) is 0. The molecule has 1 aromatic rings. The molecule has 0 aliphatic carbocycles. The number of nitro benzene ring substituents is 1. The van der Waals surface area contributed by atoms with Gasteiger partial charge in [-0.1, -0.05) is 11.6 Å². The average molecular weight is 314 g/mol. The summed E-state index contributed by atoms with van der Waals surface area (Å²) in [6.07, 6.45) is 0. The van der Waals surface area contributed by atoms with Crippen molar-refractivity contribution in [2.45, 2.75) is 19.9 Å².